The number of nitrogens with zero attached hydrogens (tertiary/aromatic N) is 2. The summed E-state index contributed by atoms with van der Waals surface area (Å²) in [5.74, 6) is -0.247. The number of ether oxygens (including phenoxy) is 1. The van der Waals surface area contributed by atoms with Crippen LogP contribution in [-0.4, -0.2) is 63.8 Å². The second-order valence-electron chi connectivity index (χ2n) is 7.48. The monoisotopic (exact) mass is 518 g/mol. The molecule has 9 nitrogen and oxygen atoms in total. The summed E-state index contributed by atoms with van der Waals surface area (Å²) in [5, 5.41) is 12.4. The topological polar surface area (TPSA) is 129 Å². The minimum absolute atomic E-state index is 0.0275. The maximum atomic E-state index is 12.0. The molecule has 36 heavy (non-hydrogen) atoms. The Bertz CT molecular complexity index is 779. The summed E-state index contributed by atoms with van der Waals surface area (Å²) >= 11 is 0. The number of benzene rings is 1. The third-order valence-electron chi connectivity index (χ3n) is 4.69. The molecule has 0 aromatic heterocycles. The van der Waals surface area contributed by atoms with Crippen LogP contribution in [0.5, 0.6) is 0 Å². The van der Waals surface area contributed by atoms with E-state index in [0.29, 0.717) is 26.0 Å². The Balaban J connectivity index is 0. The summed E-state index contributed by atoms with van der Waals surface area (Å²) in [7, 11) is 3.05. The van der Waals surface area contributed by atoms with Crippen LogP contribution in [-0.2, 0) is 19.1 Å². The summed E-state index contributed by atoms with van der Waals surface area (Å²) in [5.41, 5.74) is 1.65. The van der Waals surface area contributed by atoms with E-state index in [2.05, 4.69) is 10.5 Å². The van der Waals surface area contributed by atoms with Gasteiger partial charge in [0.1, 0.15) is 6.29 Å². The summed E-state index contributed by atoms with van der Waals surface area (Å²) in [6.07, 6.45) is 0.558. The highest BCUT2D eigenvalue weighted by Crippen LogP contribution is 2.26. The molecule has 0 spiro atoms. The van der Waals surface area contributed by atoms with E-state index in [1.54, 1.807) is 4.90 Å². The number of anilines is 1. The number of nitroso groups, excluding NO2 is 1. The van der Waals surface area contributed by atoms with Gasteiger partial charge in [-0.1, -0.05) is 24.2 Å². The Kier molecular flexibility index (Phi) is 19.5. The van der Waals surface area contributed by atoms with Crippen LogP contribution in [0, 0.1) is 16.2 Å². The van der Waals surface area contributed by atoms with Crippen LogP contribution in [0.15, 0.2) is 29.4 Å². The van der Waals surface area contributed by atoms with Crippen LogP contribution in [0.25, 0.3) is 0 Å². The van der Waals surface area contributed by atoms with Crippen molar-refractivity contribution in [1.82, 2.24) is 5.32 Å². The Morgan fingerprint density at radius 2 is 1.83 bits per heavy atom. The van der Waals surface area contributed by atoms with Gasteiger partial charge in [0.25, 0.3) is 0 Å². The predicted octanol–water partition coefficient (Wildman–Crippen LogP) is 4.51. The molecule has 1 aliphatic heterocycles. The van der Waals surface area contributed by atoms with Crippen molar-refractivity contribution in [3.8, 4) is 0 Å². The highest BCUT2D eigenvalue weighted by Gasteiger charge is 2.31. The first-order chi connectivity index (χ1) is 16.9. The van der Waals surface area contributed by atoms with Crippen molar-refractivity contribution in [3.63, 3.8) is 0 Å². The Hall–Kier alpha value is -3.15. The third kappa shape index (κ3) is 17.3. The molecule has 1 aromatic carbocycles. The zero-order valence-electron chi connectivity index (χ0n) is 21.4. The van der Waals surface area contributed by atoms with Gasteiger partial charge in [-0.25, -0.2) is 0 Å². The maximum Gasteiger partial charge on any atom is 0.386 e. The fraction of sp³-hybridized carbons (Fsp3) is 0.583. The van der Waals surface area contributed by atoms with Gasteiger partial charge < -0.3 is 25.2 Å². The summed E-state index contributed by atoms with van der Waals surface area (Å²) in [6, 6.07) is 7.54. The van der Waals surface area contributed by atoms with Gasteiger partial charge in [0.2, 0.25) is 5.91 Å². The molecular weight excluding hydrogens is 481 g/mol. The van der Waals surface area contributed by atoms with Crippen molar-refractivity contribution >= 4 is 30.1 Å². The summed E-state index contributed by atoms with van der Waals surface area (Å²) in [4.78, 5) is 43.6. The molecule has 204 valence electrons. The predicted molar refractivity (Wildman–Crippen MR) is 133 cm³/mol. The molecule has 0 aliphatic carbocycles. The molecule has 12 heteroatoms. The van der Waals surface area contributed by atoms with Gasteiger partial charge in [0.15, 0.2) is 0 Å². The smallest absolute Gasteiger partial charge is 0.386 e. The van der Waals surface area contributed by atoms with Crippen molar-refractivity contribution in [1.29, 1.82) is 5.41 Å². The van der Waals surface area contributed by atoms with Crippen LogP contribution in [0.1, 0.15) is 52.0 Å². The van der Waals surface area contributed by atoms with E-state index < -0.39 is 6.18 Å². The normalized spacial score (nSPS) is 15.1. The molecule has 2 rings (SSSR count). The first-order valence-electron chi connectivity index (χ1n) is 11.4. The molecule has 1 amide bonds. The Labute approximate surface area is 210 Å². The van der Waals surface area contributed by atoms with Gasteiger partial charge >= 0.3 is 12.1 Å². The zero-order valence-corrected chi connectivity index (χ0v) is 21.4. The minimum Gasteiger partial charge on any atom is -0.466 e. The Morgan fingerprint density at radius 3 is 2.22 bits per heavy atom. The number of nitrogens with one attached hydrogen (secondary N) is 2. The van der Waals surface area contributed by atoms with E-state index in [1.807, 2.05) is 45.2 Å². The first kappa shape index (κ1) is 35.0. The van der Waals surface area contributed by atoms with Crippen LogP contribution >= 0.6 is 0 Å². The minimum atomic E-state index is -4.00. The van der Waals surface area contributed by atoms with Gasteiger partial charge in [-0.15, -0.1) is 0 Å². The second-order valence-corrected chi connectivity index (χ2v) is 7.48. The lowest BCUT2D eigenvalue weighted by Crippen LogP contribution is -2.27. The molecule has 1 heterocycles. The number of esters is 1. The quantitative estimate of drug-likeness (QED) is 0.214. The summed E-state index contributed by atoms with van der Waals surface area (Å²) in [6.45, 7) is 5.19. The van der Waals surface area contributed by atoms with E-state index in [4.69, 9.17) is 15.1 Å². The molecule has 0 bridgehead atoms. The van der Waals surface area contributed by atoms with Gasteiger partial charge in [-0.3, -0.25) is 9.59 Å². The van der Waals surface area contributed by atoms with Crippen molar-refractivity contribution < 1.29 is 32.3 Å². The van der Waals surface area contributed by atoms with Gasteiger partial charge in [-0.05, 0) is 44.5 Å². The van der Waals surface area contributed by atoms with Crippen molar-refractivity contribution in [2.45, 2.75) is 58.7 Å². The van der Waals surface area contributed by atoms with E-state index in [0.717, 1.165) is 30.4 Å². The SMILES string of the molecule is CC(F)(F)F.CCOC(=O)CC(CC)NC.CN=O.N=Cc1ccc(N2CCC(CC=O)C2=O)cc1. The van der Waals surface area contributed by atoms with Crippen LogP contribution < -0.4 is 10.2 Å². The zero-order chi connectivity index (χ0) is 28.1. The van der Waals surface area contributed by atoms with Crippen LogP contribution in [0.4, 0.5) is 18.9 Å². The van der Waals surface area contributed by atoms with Gasteiger partial charge in [0.05, 0.1) is 20.1 Å². The molecule has 2 atom stereocenters. The maximum absolute atomic E-state index is 12.0. The number of halogens is 3. The number of aldehydes is 1. The number of amides is 1. The number of rotatable bonds is 9. The highest BCUT2D eigenvalue weighted by molar-refractivity contribution is 5.98. The molecule has 1 aromatic rings. The average molecular weight is 519 g/mol. The lowest BCUT2D eigenvalue weighted by Gasteiger charge is -2.16. The van der Waals surface area contributed by atoms with E-state index >= 15 is 0 Å². The first-order valence-corrected chi connectivity index (χ1v) is 11.4. The molecular formula is C24H37F3N4O5. The van der Waals surface area contributed by atoms with Crippen molar-refractivity contribution in [2.24, 2.45) is 11.1 Å². The van der Waals surface area contributed by atoms with E-state index in [1.165, 1.54) is 13.3 Å². The van der Waals surface area contributed by atoms with Crippen molar-refractivity contribution in [3.05, 3.63) is 34.7 Å². The largest absolute Gasteiger partial charge is 0.466 e. The van der Waals surface area contributed by atoms with Crippen LogP contribution in [0.2, 0.25) is 0 Å². The fourth-order valence-electron chi connectivity index (χ4n) is 2.95. The van der Waals surface area contributed by atoms with Gasteiger partial charge in [0, 0.05) is 43.8 Å². The standard InChI is InChI=1S/C13H14N2O2.C8H17NO2.C2H3F3.CH3NO/c14-9-10-1-3-12(4-2-10)15-7-5-11(6-8-16)13(15)17;1-4-7(9-3)6-8(10)11-5-2;1-2(3,4)5;1-2-3/h1-4,8-9,11,14H,5-7H2;7,9H,4-6H2,1-3H3;1H3;1H3. The number of hydrogen-bond acceptors (Lipinski definition) is 8. The number of hydrogen-bond donors (Lipinski definition) is 2. The lowest BCUT2D eigenvalue weighted by molar-refractivity contribution is -0.143. The molecule has 1 saturated heterocycles. The number of carbonyl (C=O) groups excluding carboxylic acids is 3. The third-order valence-corrected chi connectivity index (χ3v) is 4.69. The average Bonchev–Trinajstić information content (AvgIpc) is 3.18. The van der Waals surface area contributed by atoms with Crippen molar-refractivity contribution in [2.75, 3.05) is 32.1 Å². The molecule has 2 unspecified atom stereocenters. The molecule has 0 saturated carbocycles. The van der Waals surface area contributed by atoms with Crippen LogP contribution in [0.3, 0.4) is 0 Å². The fourth-order valence-corrected chi connectivity index (χ4v) is 2.95. The highest BCUT2D eigenvalue weighted by atomic mass is 19.4. The second kappa shape index (κ2) is 20.1. The lowest BCUT2D eigenvalue weighted by atomic mass is 10.1. The number of carbonyl (C=O) groups is 3. The van der Waals surface area contributed by atoms with Gasteiger partial charge in [-0.2, -0.15) is 18.1 Å². The molecule has 0 radical (unpaired) electrons. The molecule has 1 aliphatic rings. The Morgan fingerprint density at radius 1 is 1.31 bits per heavy atom. The molecule has 1 fully saturated rings. The van der Waals surface area contributed by atoms with E-state index in [9.17, 15) is 27.6 Å². The summed E-state index contributed by atoms with van der Waals surface area (Å²) < 4.78 is 35.9. The molecule has 2 N–H and O–H groups in total. The number of alkyl halides is 3. The van der Waals surface area contributed by atoms with E-state index in [-0.39, 0.29) is 30.8 Å².